The predicted octanol–water partition coefficient (Wildman–Crippen LogP) is 6.09. The van der Waals surface area contributed by atoms with Gasteiger partial charge in [-0.25, -0.2) is 0 Å². The van der Waals surface area contributed by atoms with E-state index in [2.05, 4.69) is 20.8 Å². The first-order chi connectivity index (χ1) is 12.8. The monoisotopic (exact) mass is 430 g/mol. The van der Waals surface area contributed by atoms with Crippen molar-refractivity contribution in [1.82, 2.24) is 0 Å². The summed E-state index contributed by atoms with van der Waals surface area (Å²) in [6.45, 7) is 7.02. The number of ether oxygens (including phenoxy) is 2. The molecule has 0 amide bonds. The third kappa shape index (κ3) is 5.68. The standard InChI is InChI=1S/C21H25Cl3O3/c1-4-9-26-17-7-5-14(6-8-17)21(2,3)15-10-18(23)20(19(24)11-15)27-13-16(25)12-22/h5-8,10-11,16,25H,4,9,12-13H2,1-3H3. The molecule has 2 aromatic carbocycles. The Bertz CT molecular complexity index is 722. The lowest BCUT2D eigenvalue weighted by Gasteiger charge is -2.27. The van der Waals surface area contributed by atoms with Gasteiger partial charge >= 0.3 is 0 Å². The summed E-state index contributed by atoms with van der Waals surface area (Å²) in [5.41, 5.74) is 1.76. The molecular formula is C21H25Cl3O3. The van der Waals surface area contributed by atoms with E-state index in [9.17, 15) is 5.11 Å². The lowest BCUT2D eigenvalue weighted by atomic mass is 9.78. The zero-order valence-corrected chi connectivity index (χ0v) is 18.0. The van der Waals surface area contributed by atoms with Gasteiger partial charge in [0, 0.05) is 5.41 Å². The first-order valence-electron chi connectivity index (χ1n) is 8.89. The van der Waals surface area contributed by atoms with Crippen molar-refractivity contribution in [1.29, 1.82) is 0 Å². The van der Waals surface area contributed by atoms with E-state index in [4.69, 9.17) is 44.3 Å². The van der Waals surface area contributed by atoms with Gasteiger partial charge in [-0.2, -0.15) is 0 Å². The molecule has 1 atom stereocenters. The first kappa shape index (κ1) is 22.2. The largest absolute Gasteiger partial charge is 0.494 e. The van der Waals surface area contributed by atoms with Crippen LogP contribution >= 0.6 is 34.8 Å². The zero-order valence-electron chi connectivity index (χ0n) is 15.8. The minimum absolute atomic E-state index is 0.0326. The van der Waals surface area contributed by atoms with E-state index < -0.39 is 6.10 Å². The second-order valence-corrected chi connectivity index (χ2v) is 8.01. The van der Waals surface area contributed by atoms with Crippen LogP contribution in [0.4, 0.5) is 0 Å². The summed E-state index contributed by atoms with van der Waals surface area (Å²) in [5, 5.41) is 10.4. The summed E-state index contributed by atoms with van der Waals surface area (Å²) < 4.78 is 11.2. The Labute approximate surface area is 176 Å². The third-order valence-corrected chi connectivity index (χ3v) is 5.28. The molecule has 0 fully saturated rings. The molecule has 0 spiro atoms. The predicted molar refractivity (Wildman–Crippen MR) is 113 cm³/mol. The summed E-state index contributed by atoms with van der Waals surface area (Å²) in [6, 6.07) is 11.7. The van der Waals surface area contributed by atoms with Crippen molar-refractivity contribution < 1.29 is 14.6 Å². The number of aliphatic hydroxyl groups excluding tert-OH is 1. The maximum absolute atomic E-state index is 9.56. The fraction of sp³-hybridized carbons (Fsp3) is 0.429. The number of alkyl halides is 1. The molecule has 2 rings (SSSR count). The topological polar surface area (TPSA) is 38.7 Å². The van der Waals surface area contributed by atoms with E-state index in [-0.39, 0.29) is 17.9 Å². The fourth-order valence-electron chi connectivity index (χ4n) is 2.64. The van der Waals surface area contributed by atoms with Gasteiger partial charge in [0.05, 0.1) is 22.5 Å². The van der Waals surface area contributed by atoms with Crippen LogP contribution in [0, 0.1) is 0 Å². The van der Waals surface area contributed by atoms with Gasteiger partial charge in [0.15, 0.2) is 5.75 Å². The second kappa shape index (κ2) is 9.88. The lowest BCUT2D eigenvalue weighted by Crippen LogP contribution is -2.20. The Morgan fingerprint density at radius 3 is 2.11 bits per heavy atom. The molecule has 0 saturated carbocycles. The molecule has 3 nitrogen and oxygen atoms in total. The number of aliphatic hydroxyl groups is 1. The summed E-state index contributed by atoms with van der Waals surface area (Å²) in [4.78, 5) is 0. The van der Waals surface area contributed by atoms with Crippen LogP contribution < -0.4 is 9.47 Å². The molecule has 0 aliphatic carbocycles. The maximum atomic E-state index is 9.56. The Balaban J connectivity index is 2.25. The van der Waals surface area contributed by atoms with Crippen LogP contribution in [0.3, 0.4) is 0 Å². The van der Waals surface area contributed by atoms with Crippen molar-refractivity contribution in [2.45, 2.75) is 38.7 Å². The molecule has 27 heavy (non-hydrogen) atoms. The third-order valence-electron chi connectivity index (χ3n) is 4.37. The van der Waals surface area contributed by atoms with Crippen LogP contribution in [0.1, 0.15) is 38.3 Å². The number of hydrogen-bond donors (Lipinski definition) is 1. The van der Waals surface area contributed by atoms with E-state index in [0.29, 0.717) is 22.4 Å². The highest BCUT2D eigenvalue weighted by Crippen LogP contribution is 2.40. The molecule has 0 bridgehead atoms. The summed E-state index contributed by atoms with van der Waals surface area (Å²) >= 11 is 18.4. The smallest absolute Gasteiger partial charge is 0.156 e. The molecule has 148 valence electrons. The van der Waals surface area contributed by atoms with E-state index in [1.807, 2.05) is 36.4 Å². The van der Waals surface area contributed by atoms with Crippen LogP contribution in [0.25, 0.3) is 0 Å². The van der Waals surface area contributed by atoms with Crippen molar-refractivity contribution in [3.05, 3.63) is 57.6 Å². The van der Waals surface area contributed by atoms with Gasteiger partial charge in [-0.05, 0) is 41.8 Å². The van der Waals surface area contributed by atoms with Crippen LogP contribution in [-0.4, -0.2) is 30.3 Å². The molecule has 0 aliphatic heterocycles. The van der Waals surface area contributed by atoms with Crippen LogP contribution in [0.5, 0.6) is 11.5 Å². The van der Waals surface area contributed by atoms with Crippen LogP contribution in [0.2, 0.25) is 10.0 Å². The van der Waals surface area contributed by atoms with Gasteiger partial charge in [0.1, 0.15) is 18.5 Å². The van der Waals surface area contributed by atoms with E-state index in [1.165, 1.54) is 0 Å². The molecule has 0 heterocycles. The van der Waals surface area contributed by atoms with Crippen molar-refractivity contribution in [2.75, 3.05) is 19.1 Å². The Kier molecular flexibility index (Phi) is 8.11. The van der Waals surface area contributed by atoms with Crippen molar-refractivity contribution in [3.8, 4) is 11.5 Å². The minimum Gasteiger partial charge on any atom is -0.494 e. The van der Waals surface area contributed by atoms with Gasteiger partial charge in [-0.1, -0.05) is 56.1 Å². The summed E-state index contributed by atoms with van der Waals surface area (Å²) in [7, 11) is 0. The highest BCUT2D eigenvalue weighted by atomic mass is 35.5. The number of hydrogen-bond acceptors (Lipinski definition) is 3. The summed E-state index contributed by atoms with van der Waals surface area (Å²) in [6.07, 6.45) is 0.198. The van der Waals surface area contributed by atoms with Gasteiger partial charge in [-0.3, -0.25) is 0 Å². The number of halogens is 3. The van der Waals surface area contributed by atoms with E-state index in [0.717, 1.165) is 23.3 Å². The highest BCUT2D eigenvalue weighted by molar-refractivity contribution is 6.37. The fourth-order valence-corrected chi connectivity index (χ4v) is 3.32. The molecule has 0 radical (unpaired) electrons. The molecule has 1 unspecified atom stereocenters. The first-order valence-corrected chi connectivity index (χ1v) is 10.2. The SMILES string of the molecule is CCCOc1ccc(C(C)(C)c2cc(Cl)c(OCC(O)CCl)c(Cl)c2)cc1. The minimum atomic E-state index is -0.775. The van der Waals surface area contributed by atoms with Crippen molar-refractivity contribution >= 4 is 34.8 Å². The lowest BCUT2D eigenvalue weighted by molar-refractivity contribution is 0.125. The van der Waals surface area contributed by atoms with Crippen LogP contribution in [-0.2, 0) is 5.41 Å². The van der Waals surface area contributed by atoms with E-state index in [1.54, 1.807) is 0 Å². The average Bonchev–Trinajstić information content (AvgIpc) is 2.65. The zero-order chi connectivity index (χ0) is 20.0. The van der Waals surface area contributed by atoms with Gasteiger partial charge in [0.25, 0.3) is 0 Å². The van der Waals surface area contributed by atoms with Crippen molar-refractivity contribution in [2.24, 2.45) is 0 Å². The quantitative estimate of drug-likeness (QED) is 0.488. The molecule has 0 saturated heterocycles. The summed E-state index contributed by atoms with van der Waals surface area (Å²) in [5.74, 6) is 1.29. The highest BCUT2D eigenvalue weighted by Gasteiger charge is 2.26. The van der Waals surface area contributed by atoms with Gasteiger partial charge in [-0.15, -0.1) is 11.6 Å². The Hall–Kier alpha value is -1.13. The number of benzene rings is 2. The van der Waals surface area contributed by atoms with Gasteiger partial charge in [0.2, 0.25) is 0 Å². The average molecular weight is 432 g/mol. The van der Waals surface area contributed by atoms with Crippen LogP contribution in [0.15, 0.2) is 36.4 Å². The molecule has 0 aromatic heterocycles. The normalized spacial score (nSPS) is 12.7. The molecular weight excluding hydrogens is 407 g/mol. The maximum Gasteiger partial charge on any atom is 0.156 e. The number of rotatable bonds is 9. The molecule has 6 heteroatoms. The molecule has 1 N–H and O–H groups in total. The Morgan fingerprint density at radius 2 is 1.59 bits per heavy atom. The van der Waals surface area contributed by atoms with Gasteiger partial charge < -0.3 is 14.6 Å². The van der Waals surface area contributed by atoms with E-state index >= 15 is 0 Å². The Morgan fingerprint density at radius 1 is 1.00 bits per heavy atom. The van der Waals surface area contributed by atoms with Crippen molar-refractivity contribution in [3.63, 3.8) is 0 Å². The second-order valence-electron chi connectivity index (χ2n) is 6.89. The molecule has 0 aliphatic rings. The molecule has 2 aromatic rings.